The van der Waals surface area contributed by atoms with Crippen LogP contribution in [0.15, 0.2) is 30.9 Å². The highest BCUT2D eigenvalue weighted by atomic mass is 16.5. The predicted molar refractivity (Wildman–Crippen MR) is 74.2 cm³/mol. The average Bonchev–Trinajstić information content (AvgIpc) is 2.93. The Morgan fingerprint density at radius 1 is 1.37 bits per heavy atom. The number of methoxy groups -OCH3 is 1. The van der Waals surface area contributed by atoms with Gasteiger partial charge in [-0.3, -0.25) is 9.67 Å². The molecule has 19 heavy (non-hydrogen) atoms. The Bertz CT molecular complexity index is 524. The number of pyridine rings is 1. The fraction of sp³-hybridized carbons (Fsp3) is 0.429. The third kappa shape index (κ3) is 2.93. The summed E-state index contributed by atoms with van der Waals surface area (Å²) in [7, 11) is 1.67. The molecule has 2 aromatic heterocycles. The van der Waals surface area contributed by atoms with Crippen LogP contribution in [0.2, 0.25) is 0 Å². The minimum atomic E-state index is 0.0725. The minimum Gasteiger partial charge on any atom is -0.495 e. The van der Waals surface area contributed by atoms with E-state index < -0.39 is 0 Å². The van der Waals surface area contributed by atoms with Crippen molar-refractivity contribution in [2.75, 3.05) is 13.7 Å². The van der Waals surface area contributed by atoms with Crippen molar-refractivity contribution in [2.45, 2.75) is 26.4 Å². The molecule has 0 radical (unpaired) electrons. The molecule has 0 aliphatic heterocycles. The molecule has 5 heteroatoms. The van der Waals surface area contributed by atoms with Crippen LogP contribution in [0.4, 0.5) is 0 Å². The van der Waals surface area contributed by atoms with E-state index in [-0.39, 0.29) is 6.04 Å². The number of hydrogen-bond acceptors (Lipinski definition) is 4. The van der Waals surface area contributed by atoms with E-state index in [1.54, 1.807) is 19.5 Å². The van der Waals surface area contributed by atoms with E-state index in [1.807, 2.05) is 16.9 Å². The van der Waals surface area contributed by atoms with Crippen molar-refractivity contribution in [2.24, 2.45) is 0 Å². The van der Waals surface area contributed by atoms with Crippen LogP contribution in [-0.2, 0) is 6.54 Å². The second-order valence-electron chi connectivity index (χ2n) is 4.24. The van der Waals surface area contributed by atoms with Gasteiger partial charge in [0.2, 0.25) is 0 Å². The number of nitrogens with one attached hydrogen (secondary N) is 1. The summed E-state index contributed by atoms with van der Waals surface area (Å²) in [5.41, 5.74) is 2.21. The fourth-order valence-corrected chi connectivity index (χ4v) is 2.11. The molecular weight excluding hydrogens is 240 g/mol. The SMILES string of the molecule is CCNC(c1cnn(CC)c1)c1ccncc1OC. The Morgan fingerprint density at radius 2 is 2.21 bits per heavy atom. The van der Waals surface area contributed by atoms with Crippen LogP contribution in [0.5, 0.6) is 5.75 Å². The van der Waals surface area contributed by atoms with E-state index in [2.05, 4.69) is 35.4 Å². The van der Waals surface area contributed by atoms with Gasteiger partial charge < -0.3 is 10.1 Å². The van der Waals surface area contributed by atoms with Crippen LogP contribution in [0.3, 0.4) is 0 Å². The maximum absolute atomic E-state index is 5.40. The zero-order chi connectivity index (χ0) is 13.7. The third-order valence-electron chi connectivity index (χ3n) is 3.07. The smallest absolute Gasteiger partial charge is 0.142 e. The van der Waals surface area contributed by atoms with Crippen molar-refractivity contribution in [1.82, 2.24) is 20.1 Å². The van der Waals surface area contributed by atoms with Crippen molar-refractivity contribution in [3.05, 3.63) is 42.0 Å². The minimum absolute atomic E-state index is 0.0725. The van der Waals surface area contributed by atoms with Gasteiger partial charge in [-0.2, -0.15) is 5.10 Å². The van der Waals surface area contributed by atoms with Gasteiger partial charge in [-0.15, -0.1) is 0 Å². The van der Waals surface area contributed by atoms with Gasteiger partial charge >= 0.3 is 0 Å². The van der Waals surface area contributed by atoms with E-state index in [0.29, 0.717) is 0 Å². The van der Waals surface area contributed by atoms with Gasteiger partial charge in [0.1, 0.15) is 5.75 Å². The van der Waals surface area contributed by atoms with E-state index in [4.69, 9.17) is 4.74 Å². The first-order valence-corrected chi connectivity index (χ1v) is 6.53. The van der Waals surface area contributed by atoms with Crippen LogP contribution in [0, 0.1) is 0 Å². The molecule has 2 rings (SSSR count). The molecule has 5 nitrogen and oxygen atoms in total. The molecule has 102 valence electrons. The monoisotopic (exact) mass is 260 g/mol. The Hall–Kier alpha value is -1.88. The lowest BCUT2D eigenvalue weighted by Crippen LogP contribution is -2.22. The molecule has 1 N–H and O–H groups in total. The highest BCUT2D eigenvalue weighted by molar-refractivity contribution is 5.38. The Labute approximate surface area is 113 Å². The van der Waals surface area contributed by atoms with E-state index >= 15 is 0 Å². The Kier molecular flexibility index (Phi) is 4.52. The number of hydrogen-bond donors (Lipinski definition) is 1. The summed E-state index contributed by atoms with van der Waals surface area (Å²) in [6.07, 6.45) is 7.49. The maximum Gasteiger partial charge on any atom is 0.142 e. The first-order valence-electron chi connectivity index (χ1n) is 6.53. The molecule has 0 amide bonds. The quantitative estimate of drug-likeness (QED) is 0.863. The van der Waals surface area contributed by atoms with Crippen LogP contribution in [0.25, 0.3) is 0 Å². The summed E-state index contributed by atoms with van der Waals surface area (Å²) in [5.74, 6) is 0.790. The zero-order valence-electron chi connectivity index (χ0n) is 11.6. The average molecular weight is 260 g/mol. The van der Waals surface area contributed by atoms with Gasteiger partial charge in [-0.25, -0.2) is 0 Å². The van der Waals surface area contributed by atoms with E-state index in [0.717, 1.165) is 30.0 Å². The molecule has 0 spiro atoms. The number of aryl methyl sites for hydroxylation is 1. The first-order chi connectivity index (χ1) is 9.30. The molecule has 0 saturated heterocycles. The molecule has 0 aliphatic carbocycles. The van der Waals surface area contributed by atoms with E-state index in [1.165, 1.54) is 0 Å². The van der Waals surface area contributed by atoms with Gasteiger partial charge in [0.15, 0.2) is 0 Å². The number of aromatic nitrogens is 3. The summed E-state index contributed by atoms with van der Waals surface area (Å²) in [6, 6.07) is 2.05. The van der Waals surface area contributed by atoms with Gasteiger partial charge in [0, 0.05) is 30.1 Å². The molecule has 2 heterocycles. The lowest BCUT2D eigenvalue weighted by Gasteiger charge is -2.19. The second kappa shape index (κ2) is 6.33. The van der Waals surface area contributed by atoms with Crippen molar-refractivity contribution in [3.63, 3.8) is 0 Å². The summed E-state index contributed by atoms with van der Waals surface area (Å²) in [5, 5.41) is 7.81. The number of ether oxygens (including phenoxy) is 1. The van der Waals surface area contributed by atoms with Gasteiger partial charge in [-0.05, 0) is 19.5 Å². The topological polar surface area (TPSA) is 52.0 Å². The standard InChI is InChI=1S/C14H20N4O/c1-4-16-14(11-8-17-18(5-2)10-11)12-6-7-15-9-13(12)19-3/h6-10,14,16H,4-5H2,1-3H3. The highest BCUT2D eigenvalue weighted by Gasteiger charge is 2.18. The number of rotatable bonds is 6. The van der Waals surface area contributed by atoms with Crippen molar-refractivity contribution in [1.29, 1.82) is 0 Å². The lowest BCUT2D eigenvalue weighted by molar-refractivity contribution is 0.402. The summed E-state index contributed by atoms with van der Waals surface area (Å²) in [6.45, 7) is 5.90. The molecule has 0 aliphatic rings. The van der Waals surface area contributed by atoms with Crippen LogP contribution >= 0.6 is 0 Å². The van der Waals surface area contributed by atoms with Gasteiger partial charge in [0.05, 0.1) is 25.5 Å². The zero-order valence-corrected chi connectivity index (χ0v) is 11.6. The molecule has 1 atom stereocenters. The molecule has 0 fully saturated rings. The summed E-state index contributed by atoms with van der Waals surface area (Å²) < 4.78 is 7.32. The highest BCUT2D eigenvalue weighted by Crippen LogP contribution is 2.28. The normalized spacial score (nSPS) is 12.4. The van der Waals surface area contributed by atoms with Crippen molar-refractivity contribution >= 4 is 0 Å². The molecule has 1 unspecified atom stereocenters. The summed E-state index contributed by atoms with van der Waals surface area (Å²) >= 11 is 0. The fourth-order valence-electron chi connectivity index (χ4n) is 2.11. The van der Waals surface area contributed by atoms with Crippen LogP contribution in [0.1, 0.15) is 31.0 Å². The van der Waals surface area contributed by atoms with Gasteiger partial charge in [0.25, 0.3) is 0 Å². The van der Waals surface area contributed by atoms with E-state index in [9.17, 15) is 0 Å². The third-order valence-corrected chi connectivity index (χ3v) is 3.07. The van der Waals surface area contributed by atoms with Crippen LogP contribution < -0.4 is 10.1 Å². The maximum atomic E-state index is 5.40. The molecule has 2 aromatic rings. The van der Waals surface area contributed by atoms with Crippen molar-refractivity contribution < 1.29 is 4.74 Å². The lowest BCUT2D eigenvalue weighted by atomic mass is 10.0. The Morgan fingerprint density at radius 3 is 2.84 bits per heavy atom. The van der Waals surface area contributed by atoms with Gasteiger partial charge in [-0.1, -0.05) is 6.92 Å². The summed E-state index contributed by atoms with van der Waals surface area (Å²) in [4.78, 5) is 4.10. The largest absolute Gasteiger partial charge is 0.495 e. The molecule has 0 saturated carbocycles. The molecular formula is C14H20N4O. The number of nitrogens with zero attached hydrogens (tertiary/aromatic N) is 3. The molecule has 0 bridgehead atoms. The molecule has 0 aromatic carbocycles. The second-order valence-corrected chi connectivity index (χ2v) is 4.24. The van der Waals surface area contributed by atoms with Crippen molar-refractivity contribution in [3.8, 4) is 5.75 Å². The first kappa shape index (κ1) is 13.5. The Balaban J connectivity index is 2.38. The predicted octanol–water partition coefficient (Wildman–Crippen LogP) is 2.01. The van der Waals surface area contributed by atoms with Crippen LogP contribution in [-0.4, -0.2) is 28.4 Å².